The maximum Gasteiger partial charge on any atom is 0.573 e. The smallest absolute Gasteiger partial charge is 0.403 e. The molecule has 0 heterocycles. The van der Waals surface area contributed by atoms with Crippen molar-refractivity contribution in [1.82, 2.24) is 0 Å². The number of alkyl halides is 3. The molecule has 2 aromatic rings. The SMILES string of the molecule is Fc1ccc(-c2ccccc2F)cc1OC(F)(F)F. The fraction of sp³-hybridized carbons (Fsp3) is 0.0769. The molecule has 100 valence electrons. The highest BCUT2D eigenvalue weighted by atomic mass is 19.4. The zero-order valence-electron chi connectivity index (χ0n) is 9.34. The van der Waals surface area contributed by atoms with E-state index in [0.29, 0.717) is 0 Å². The van der Waals surface area contributed by atoms with E-state index >= 15 is 0 Å². The van der Waals surface area contributed by atoms with Gasteiger partial charge in [0.05, 0.1) is 0 Å². The van der Waals surface area contributed by atoms with E-state index in [1.165, 1.54) is 24.3 Å². The lowest BCUT2D eigenvalue weighted by Gasteiger charge is -2.11. The number of ether oxygens (including phenoxy) is 1. The molecule has 0 fully saturated rings. The van der Waals surface area contributed by atoms with E-state index < -0.39 is 23.7 Å². The number of benzene rings is 2. The zero-order valence-corrected chi connectivity index (χ0v) is 9.34. The highest BCUT2D eigenvalue weighted by molar-refractivity contribution is 5.65. The van der Waals surface area contributed by atoms with Gasteiger partial charge in [0.25, 0.3) is 0 Å². The molecule has 0 saturated heterocycles. The monoisotopic (exact) mass is 274 g/mol. The number of halogens is 5. The summed E-state index contributed by atoms with van der Waals surface area (Å²) in [5.41, 5.74) is 0.160. The lowest BCUT2D eigenvalue weighted by molar-refractivity contribution is -0.275. The van der Waals surface area contributed by atoms with Crippen LogP contribution in [0.5, 0.6) is 5.75 Å². The molecule has 0 spiro atoms. The highest BCUT2D eigenvalue weighted by Crippen LogP contribution is 2.31. The molecular weight excluding hydrogens is 267 g/mol. The molecule has 0 aliphatic carbocycles. The first-order valence-electron chi connectivity index (χ1n) is 5.17. The lowest BCUT2D eigenvalue weighted by atomic mass is 10.0. The summed E-state index contributed by atoms with van der Waals surface area (Å²) in [7, 11) is 0. The standard InChI is InChI=1S/C13H7F5O/c14-10-4-2-1-3-9(10)8-5-6-11(15)12(7-8)19-13(16,17)18/h1-7H. The maximum absolute atomic E-state index is 13.5. The summed E-state index contributed by atoms with van der Waals surface area (Å²) in [5, 5.41) is 0. The number of hydrogen-bond acceptors (Lipinski definition) is 1. The van der Waals surface area contributed by atoms with Crippen molar-refractivity contribution in [3.8, 4) is 16.9 Å². The Labute approximate surface area is 105 Å². The Morgan fingerprint density at radius 1 is 0.842 bits per heavy atom. The average Bonchev–Trinajstić information content (AvgIpc) is 2.31. The van der Waals surface area contributed by atoms with E-state index in [-0.39, 0.29) is 11.1 Å². The minimum atomic E-state index is -5.01. The van der Waals surface area contributed by atoms with Crippen molar-refractivity contribution in [2.24, 2.45) is 0 Å². The zero-order chi connectivity index (χ0) is 14.0. The summed E-state index contributed by atoms with van der Waals surface area (Å²) in [5.74, 6) is -2.78. The van der Waals surface area contributed by atoms with Crippen molar-refractivity contribution < 1.29 is 26.7 Å². The van der Waals surface area contributed by atoms with Crippen LogP contribution >= 0.6 is 0 Å². The fourth-order valence-corrected chi connectivity index (χ4v) is 1.57. The van der Waals surface area contributed by atoms with Crippen molar-refractivity contribution in [2.45, 2.75) is 6.36 Å². The Bertz CT molecular complexity index is 592. The summed E-state index contributed by atoms with van der Waals surface area (Å²) < 4.78 is 66.4. The first-order valence-corrected chi connectivity index (χ1v) is 5.17. The molecule has 0 N–H and O–H groups in total. The molecule has 0 aromatic heterocycles. The van der Waals surface area contributed by atoms with E-state index in [0.717, 1.165) is 18.2 Å². The minimum absolute atomic E-state index is 0.0644. The largest absolute Gasteiger partial charge is 0.573 e. The first kappa shape index (κ1) is 13.3. The third kappa shape index (κ3) is 3.21. The predicted molar refractivity (Wildman–Crippen MR) is 58.5 cm³/mol. The summed E-state index contributed by atoms with van der Waals surface area (Å²) in [6, 6.07) is 8.27. The van der Waals surface area contributed by atoms with Crippen LogP contribution in [-0.4, -0.2) is 6.36 Å². The second-order valence-electron chi connectivity index (χ2n) is 3.67. The van der Waals surface area contributed by atoms with Gasteiger partial charge < -0.3 is 4.74 Å². The molecule has 0 aliphatic rings. The molecule has 0 amide bonds. The third-order valence-corrected chi connectivity index (χ3v) is 2.34. The molecule has 0 aliphatic heterocycles. The van der Waals surface area contributed by atoms with Crippen molar-refractivity contribution in [3.63, 3.8) is 0 Å². The van der Waals surface area contributed by atoms with E-state index in [9.17, 15) is 22.0 Å². The molecule has 6 heteroatoms. The second kappa shape index (κ2) is 4.87. The molecule has 2 rings (SSSR count). The Hall–Kier alpha value is -2.11. The van der Waals surface area contributed by atoms with Crippen LogP contribution in [0.1, 0.15) is 0 Å². The van der Waals surface area contributed by atoms with Crippen molar-refractivity contribution >= 4 is 0 Å². The van der Waals surface area contributed by atoms with Crippen molar-refractivity contribution in [3.05, 3.63) is 54.1 Å². The molecule has 0 saturated carbocycles. The number of rotatable bonds is 2. The Morgan fingerprint density at radius 3 is 2.16 bits per heavy atom. The Balaban J connectivity index is 2.44. The van der Waals surface area contributed by atoms with E-state index in [2.05, 4.69) is 4.74 Å². The summed E-state index contributed by atoms with van der Waals surface area (Å²) in [6.45, 7) is 0. The molecule has 0 bridgehead atoms. The van der Waals surface area contributed by atoms with E-state index in [1.54, 1.807) is 0 Å². The van der Waals surface area contributed by atoms with Crippen LogP contribution in [0.15, 0.2) is 42.5 Å². The van der Waals surface area contributed by atoms with Gasteiger partial charge in [0.2, 0.25) is 0 Å². The first-order chi connectivity index (χ1) is 8.87. The Kier molecular flexibility index (Phi) is 3.42. The van der Waals surface area contributed by atoms with Gasteiger partial charge in [-0.05, 0) is 23.8 Å². The molecule has 19 heavy (non-hydrogen) atoms. The van der Waals surface area contributed by atoms with Gasteiger partial charge in [-0.1, -0.05) is 24.3 Å². The molecular formula is C13H7F5O. The topological polar surface area (TPSA) is 9.23 Å². The highest BCUT2D eigenvalue weighted by Gasteiger charge is 2.32. The lowest BCUT2D eigenvalue weighted by Crippen LogP contribution is -2.18. The minimum Gasteiger partial charge on any atom is -0.403 e. The van der Waals surface area contributed by atoms with Crippen molar-refractivity contribution in [2.75, 3.05) is 0 Å². The van der Waals surface area contributed by atoms with Crippen LogP contribution in [0.4, 0.5) is 22.0 Å². The van der Waals surface area contributed by atoms with Crippen LogP contribution in [0, 0.1) is 11.6 Å². The van der Waals surface area contributed by atoms with Crippen LogP contribution in [0.25, 0.3) is 11.1 Å². The van der Waals surface area contributed by atoms with Gasteiger partial charge in [-0.3, -0.25) is 0 Å². The van der Waals surface area contributed by atoms with Gasteiger partial charge in [0.1, 0.15) is 5.82 Å². The predicted octanol–water partition coefficient (Wildman–Crippen LogP) is 4.53. The fourth-order valence-electron chi connectivity index (χ4n) is 1.57. The van der Waals surface area contributed by atoms with E-state index in [1.807, 2.05) is 0 Å². The van der Waals surface area contributed by atoms with Gasteiger partial charge in [-0.2, -0.15) is 0 Å². The van der Waals surface area contributed by atoms with Gasteiger partial charge >= 0.3 is 6.36 Å². The normalized spacial score (nSPS) is 11.4. The summed E-state index contributed by atoms with van der Waals surface area (Å²) in [4.78, 5) is 0. The van der Waals surface area contributed by atoms with Crippen LogP contribution < -0.4 is 4.74 Å². The van der Waals surface area contributed by atoms with E-state index in [4.69, 9.17) is 0 Å². The molecule has 0 atom stereocenters. The van der Waals surface area contributed by atoms with Gasteiger partial charge in [-0.15, -0.1) is 13.2 Å². The van der Waals surface area contributed by atoms with Crippen molar-refractivity contribution in [1.29, 1.82) is 0 Å². The molecule has 1 nitrogen and oxygen atoms in total. The molecule has 0 unspecified atom stereocenters. The third-order valence-electron chi connectivity index (χ3n) is 2.34. The van der Waals surface area contributed by atoms with Crippen LogP contribution in [-0.2, 0) is 0 Å². The Morgan fingerprint density at radius 2 is 1.53 bits per heavy atom. The van der Waals surface area contributed by atoms with Gasteiger partial charge in [0, 0.05) is 5.56 Å². The average molecular weight is 274 g/mol. The quantitative estimate of drug-likeness (QED) is 0.731. The summed E-state index contributed by atoms with van der Waals surface area (Å²) in [6.07, 6.45) is -5.01. The number of hydrogen-bond donors (Lipinski definition) is 0. The van der Waals surface area contributed by atoms with Crippen LogP contribution in [0.2, 0.25) is 0 Å². The molecule has 0 radical (unpaired) electrons. The second-order valence-corrected chi connectivity index (χ2v) is 3.67. The van der Waals surface area contributed by atoms with Gasteiger partial charge in [0.15, 0.2) is 11.6 Å². The summed E-state index contributed by atoms with van der Waals surface area (Å²) >= 11 is 0. The molecule has 2 aromatic carbocycles. The maximum atomic E-state index is 13.5. The van der Waals surface area contributed by atoms with Crippen LogP contribution in [0.3, 0.4) is 0 Å². The van der Waals surface area contributed by atoms with Gasteiger partial charge in [-0.25, -0.2) is 8.78 Å².